The van der Waals surface area contributed by atoms with Gasteiger partial charge in [-0.15, -0.1) is 11.3 Å². The monoisotopic (exact) mass is 263 g/mol. The molecule has 0 spiro atoms. The highest BCUT2D eigenvalue weighted by atomic mass is 32.1. The Morgan fingerprint density at radius 3 is 3.33 bits per heavy atom. The maximum absolute atomic E-state index is 5.54. The molecule has 0 amide bonds. The minimum Gasteiger partial charge on any atom is -0.444 e. The second kappa shape index (κ2) is 5.22. The SMILES string of the molecule is C[C@H]1CNCCN1Cc1coc(-c2cccs2)n1. The van der Waals surface area contributed by atoms with Crippen LogP contribution in [-0.4, -0.2) is 35.6 Å². The van der Waals surface area contributed by atoms with Crippen LogP contribution in [0.15, 0.2) is 28.2 Å². The van der Waals surface area contributed by atoms with Gasteiger partial charge in [0.05, 0.1) is 10.6 Å². The number of oxazole rings is 1. The van der Waals surface area contributed by atoms with Gasteiger partial charge in [-0.05, 0) is 18.4 Å². The van der Waals surface area contributed by atoms with Crippen LogP contribution in [-0.2, 0) is 6.54 Å². The number of nitrogens with zero attached hydrogens (tertiary/aromatic N) is 2. The fraction of sp³-hybridized carbons (Fsp3) is 0.462. The molecule has 18 heavy (non-hydrogen) atoms. The van der Waals surface area contributed by atoms with Crippen molar-refractivity contribution >= 4 is 11.3 Å². The van der Waals surface area contributed by atoms with Crippen molar-refractivity contribution in [2.24, 2.45) is 0 Å². The molecule has 3 heterocycles. The zero-order valence-electron chi connectivity index (χ0n) is 10.4. The lowest BCUT2D eigenvalue weighted by Crippen LogP contribution is -2.49. The summed E-state index contributed by atoms with van der Waals surface area (Å²) < 4.78 is 5.54. The summed E-state index contributed by atoms with van der Waals surface area (Å²) in [6, 6.07) is 4.61. The average molecular weight is 263 g/mol. The Bertz CT molecular complexity index is 494. The van der Waals surface area contributed by atoms with Gasteiger partial charge in [0, 0.05) is 32.2 Å². The van der Waals surface area contributed by atoms with Gasteiger partial charge in [0.15, 0.2) is 0 Å². The van der Waals surface area contributed by atoms with Gasteiger partial charge in [-0.3, -0.25) is 4.90 Å². The Morgan fingerprint density at radius 1 is 1.61 bits per heavy atom. The third kappa shape index (κ3) is 2.48. The fourth-order valence-electron chi connectivity index (χ4n) is 2.22. The van der Waals surface area contributed by atoms with Crippen LogP contribution < -0.4 is 5.32 Å². The Morgan fingerprint density at radius 2 is 2.56 bits per heavy atom. The lowest BCUT2D eigenvalue weighted by molar-refractivity contribution is 0.163. The Hall–Kier alpha value is -1.17. The molecule has 3 rings (SSSR count). The predicted octanol–water partition coefficient (Wildman–Crippen LogP) is 2.20. The molecule has 0 aromatic carbocycles. The van der Waals surface area contributed by atoms with Gasteiger partial charge in [0.1, 0.15) is 6.26 Å². The summed E-state index contributed by atoms with van der Waals surface area (Å²) in [5, 5.41) is 5.43. The van der Waals surface area contributed by atoms with E-state index in [2.05, 4.69) is 22.1 Å². The maximum atomic E-state index is 5.54. The predicted molar refractivity (Wildman–Crippen MR) is 72.6 cm³/mol. The molecule has 0 radical (unpaired) electrons. The van der Waals surface area contributed by atoms with Crippen molar-refractivity contribution in [1.82, 2.24) is 15.2 Å². The molecule has 2 aromatic rings. The standard InChI is InChI=1S/C13H17N3OS/c1-10-7-14-4-5-16(10)8-11-9-17-13(15-11)12-3-2-6-18-12/h2-3,6,9-10,14H,4-5,7-8H2,1H3/t10-/m0/s1. The van der Waals surface area contributed by atoms with Crippen LogP contribution in [0.4, 0.5) is 0 Å². The first-order valence-electron chi connectivity index (χ1n) is 6.26. The first kappa shape index (κ1) is 11.9. The summed E-state index contributed by atoms with van der Waals surface area (Å²) in [4.78, 5) is 8.09. The molecule has 0 aliphatic carbocycles. The second-order valence-electron chi connectivity index (χ2n) is 4.64. The molecule has 1 aliphatic rings. The number of piperazine rings is 1. The molecule has 96 valence electrons. The Balaban J connectivity index is 1.70. The van der Waals surface area contributed by atoms with E-state index in [4.69, 9.17) is 4.42 Å². The van der Waals surface area contributed by atoms with Crippen LogP contribution in [0.2, 0.25) is 0 Å². The van der Waals surface area contributed by atoms with Gasteiger partial charge in [-0.25, -0.2) is 4.98 Å². The van der Waals surface area contributed by atoms with Crippen molar-refractivity contribution in [3.8, 4) is 10.8 Å². The van der Waals surface area contributed by atoms with Crippen LogP contribution >= 0.6 is 11.3 Å². The highest BCUT2D eigenvalue weighted by Gasteiger charge is 2.19. The zero-order chi connectivity index (χ0) is 12.4. The molecule has 1 N–H and O–H groups in total. The van der Waals surface area contributed by atoms with Crippen molar-refractivity contribution in [3.63, 3.8) is 0 Å². The number of thiophene rings is 1. The summed E-state index contributed by atoms with van der Waals surface area (Å²) in [7, 11) is 0. The summed E-state index contributed by atoms with van der Waals surface area (Å²) >= 11 is 1.66. The van der Waals surface area contributed by atoms with Crippen molar-refractivity contribution in [2.45, 2.75) is 19.5 Å². The topological polar surface area (TPSA) is 41.3 Å². The number of rotatable bonds is 3. The first-order chi connectivity index (χ1) is 8.83. The maximum Gasteiger partial charge on any atom is 0.236 e. The molecule has 0 saturated carbocycles. The van der Waals surface area contributed by atoms with Crippen molar-refractivity contribution < 1.29 is 4.42 Å². The van der Waals surface area contributed by atoms with E-state index in [-0.39, 0.29) is 0 Å². The molecule has 5 heteroatoms. The van der Waals surface area contributed by atoms with E-state index in [0.717, 1.165) is 42.6 Å². The highest BCUT2D eigenvalue weighted by Crippen LogP contribution is 2.24. The third-order valence-electron chi connectivity index (χ3n) is 3.29. The quantitative estimate of drug-likeness (QED) is 0.921. The molecule has 1 fully saturated rings. The van der Waals surface area contributed by atoms with Gasteiger partial charge in [-0.2, -0.15) is 0 Å². The van der Waals surface area contributed by atoms with Crippen LogP contribution in [0, 0.1) is 0 Å². The normalized spacial score (nSPS) is 21.3. The number of hydrogen-bond acceptors (Lipinski definition) is 5. The van der Waals surface area contributed by atoms with E-state index >= 15 is 0 Å². The smallest absolute Gasteiger partial charge is 0.236 e. The lowest BCUT2D eigenvalue weighted by Gasteiger charge is -2.33. The van der Waals surface area contributed by atoms with E-state index in [0.29, 0.717) is 6.04 Å². The second-order valence-corrected chi connectivity index (χ2v) is 5.59. The largest absolute Gasteiger partial charge is 0.444 e. The molecule has 1 aliphatic heterocycles. The van der Waals surface area contributed by atoms with E-state index in [9.17, 15) is 0 Å². The van der Waals surface area contributed by atoms with E-state index in [1.807, 2.05) is 17.5 Å². The van der Waals surface area contributed by atoms with Crippen LogP contribution in [0.25, 0.3) is 10.8 Å². The highest BCUT2D eigenvalue weighted by molar-refractivity contribution is 7.13. The fourth-order valence-corrected chi connectivity index (χ4v) is 2.87. The molecule has 4 nitrogen and oxygen atoms in total. The van der Waals surface area contributed by atoms with Crippen molar-refractivity contribution in [1.29, 1.82) is 0 Å². The molecule has 0 bridgehead atoms. The average Bonchev–Trinajstić information content (AvgIpc) is 3.02. The van der Waals surface area contributed by atoms with Gasteiger partial charge in [0.25, 0.3) is 0 Å². The number of nitrogens with one attached hydrogen (secondary N) is 1. The van der Waals surface area contributed by atoms with Crippen LogP contribution in [0.3, 0.4) is 0 Å². The minimum atomic E-state index is 0.556. The van der Waals surface area contributed by atoms with E-state index in [1.54, 1.807) is 17.6 Å². The van der Waals surface area contributed by atoms with E-state index in [1.165, 1.54) is 0 Å². The Kier molecular flexibility index (Phi) is 3.45. The number of aromatic nitrogens is 1. The first-order valence-corrected chi connectivity index (χ1v) is 7.14. The van der Waals surface area contributed by atoms with Crippen molar-refractivity contribution in [3.05, 3.63) is 29.5 Å². The molecule has 0 unspecified atom stereocenters. The van der Waals surface area contributed by atoms with Crippen LogP contribution in [0.1, 0.15) is 12.6 Å². The molecule has 2 aromatic heterocycles. The van der Waals surface area contributed by atoms with E-state index < -0.39 is 0 Å². The van der Waals surface area contributed by atoms with Crippen LogP contribution in [0.5, 0.6) is 0 Å². The summed E-state index contributed by atoms with van der Waals surface area (Å²) in [6.45, 7) is 6.29. The lowest BCUT2D eigenvalue weighted by atomic mass is 10.2. The third-order valence-corrected chi connectivity index (χ3v) is 4.15. The Labute approximate surface area is 111 Å². The minimum absolute atomic E-state index is 0.556. The number of hydrogen-bond donors (Lipinski definition) is 1. The zero-order valence-corrected chi connectivity index (χ0v) is 11.2. The van der Waals surface area contributed by atoms with Gasteiger partial charge in [-0.1, -0.05) is 6.07 Å². The summed E-state index contributed by atoms with van der Waals surface area (Å²) in [6.07, 6.45) is 1.78. The molecule has 1 atom stereocenters. The van der Waals surface area contributed by atoms with Gasteiger partial charge in [0.2, 0.25) is 5.89 Å². The van der Waals surface area contributed by atoms with Gasteiger partial charge >= 0.3 is 0 Å². The molecular formula is C13H17N3OS. The summed E-state index contributed by atoms with van der Waals surface area (Å²) in [5.74, 6) is 0.739. The molecular weight excluding hydrogens is 246 g/mol. The molecule has 1 saturated heterocycles. The summed E-state index contributed by atoms with van der Waals surface area (Å²) in [5.41, 5.74) is 1.02. The van der Waals surface area contributed by atoms with Crippen molar-refractivity contribution in [2.75, 3.05) is 19.6 Å². The van der Waals surface area contributed by atoms with Gasteiger partial charge < -0.3 is 9.73 Å².